The molecule has 0 spiro atoms. The molecule has 0 aliphatic heterocycles. The lowest BCUT2D eigenvalue weighted by Gasteiger charge is -2.15. The Hall–Kier alpha value is -2.38. The molecule has 0 heterocycles. The van der Waals surface area contributed by atoms with E-state index in [1.165, 1.54) is 31.4 Å². The molecule has 0 radical (unpaired) electrons. The zero-order valence-electron chi connectivity index (χ0n) is 14.4. The highest BCUT2D eigenvalue weighted by Crippen LogP contribution is 2.14. The molecular weight excluding hydrogens is 342 g/mol. The highest BCUT2D eigenvalue weighted by molar-refractivity contribution is 7.89. The summed E-state index contributed by atoms with van der Waals surface area (Å²) in [5.41, 5.74) is 1.29. The fourth-order valence-corrected chi connectivity index (χ4v) is 3.40. The van der Waals surface area contributed by atoms with Crippen LogP contribution < -0.4 is 9.46 Å². The maximum absolute atomic E-state index is 12.4. The molecule has 2 aromatic carbocycles. The first-order valence-corrected chi connectivity index (χ1v) is 9.20. The Balaban J connectivity index is 2.02. The zero-order valence-corrected chi connectivity index (χ0v) is 15.2. The van der Waals surface area contributed by atoms with Crippen LogP contribution in [-0.4, -0.2) is 34.1 Å². The van der Waals surface area contributed by atoms with Gasteiger partial charge >= 0.3 is 5.97 Å². The summed E-state index contributed by atoms with van der Waals surface area (Å²) in [6.07, 6.45) is 0. The quantitative estimate of drug-likeness (QED) is 0.765. The van der Waals surface area contributed by atoms with Crippen molar-refractivity contribution in [2.45, 2.75) is 24.8 Å². The number of rotatable bonds is 7. The predicted octanol–water partition coefficient (Wildman–Crippen LogP) is 2.53. The van der Waals surface area contributed by atoms with Gasteiger partial charge in [0.25, 0.3) is 0 Å². The van der Waals surface area contributed by atoms with Gasteiger partial charge in [-0.25, -0.2) is 17.9 Å². The molecule has 25 heavy (non-hydrogen) atoms. The number of sulfonamides is 1. The lowest BCUT2D eigenvalue weighted by molar-refractivity contribution is 0.0600. The standard InChI is InChI=1S/C18H21NO5S/c1-13-7-9-16(10-8-13)24-12-14(2)19-25(21,22)17-6-4-5-15(11-17)18(20)23-3/h4-11,14,19H,12H2,1-3H3/t14-/m0/s1. The number of benzene rings is 2. The average molecular weight is 363 g/mol. The SMILES string of the molecule is COC(=O)c1cccc(S(=O)(=O)N[C@@H](C)COc2ccc(C)cc2)c1. The van der Waals surface area contributed by atoms with Crippen LogP contribution in [0.2, 0.25) is 0 Å². The Kier molecular flexibility index (Phi) is 6.17. The Morgan fingerprint density at radius 3 is 2.48 bits per heavy atom. The molecule has 7 heteroatoms. The lowest BCUT2D eigenvalue weighted by atomic mass is 10.2. The molecule has 0 unspecified atom stereocenters. The van der Waals surface area contributed by atoms with E-state index in [0.29, 0.717) is 5.75 Å². The van der Waals surface area contributed by atoms with E-state index in [0.717, 1.165) is 5.56 Å². The number of hydrogen-bond acceptors (Lipinski definition) is 5. The van der Waals surface area contributed by atoms with Gasteiger partial charge in [-0.15, -0.1) is 0 Å². The molecule has 0 aliphatic rings. The van der Waals surface area contributed by atoms with Crippen molar-refractivity contribution in [3.05, 3.63) is 59.7 Å². The summed E-state index contributed by atoms with van der Waals surface area (Å²) in [5, 5.41) is 0. The number of ether oxygens (including phenoxy) is 2. The molecule has 1 N–H and O–H groups in total. The molecule has 1 atom stereocenters. The molecular formula is C18H21NO5S. The van der Waals surface area contributed by atoms with Gasteiger partial charge in [0, 0.05) is 0 Å². The second-order valence-electron chi connectivity index (χ2n) is 5.67. The summed E-state index contributed by atoms with van der Waals surface area (Å²) in [5.74, 6) is 0.0807. The first-order chi connectivity index (χ1) is 11.8. The number of hydrogen-bond donors (Lipinski definition) is 1. The van der Waals surface area contributed by atoms with Gasteiger partial charge < -0.3 is 9.47 Å². The van der Waals surface area contributed by atoms with E-state index in [2.05, 4.69) is 9.46 Å². The van der Waals surface area contributed by atoms with E-state index >= 15 is 0 Å². The number of esters is 1. The summed E-state index contributed by atoms with van der Waals surface area (Å²) in [7, 11) is -2.53. The molecule has 0 fully saturated rings. The Bertz CT molecular complexity index is 831. The number of methoxy groups -OCH3 is 1. The molecule has 0 saturated carbocycles. The Morgan fingerprint density at radius 2 is 1.84 bits per heavy atom. The van der Waals surface area contributed by atoms with Crippen LogP contribution in [0.25, 0.3) is 0 Å². The van der Waals surface area contributed by atoms with Gasteiger partial charge in [-0.05, 0) is 44.2 Å². The van der Waals surface area contributed by atoms with E-state index in [-0.39, 0.29) is 17.1 Å². The Morgan fingerprint density at radius 1 is 1.16 bits per heavy atom. The maximum atomic E-state index is 12.4. The minimum atomic E-state index is -3.77. The summed E-state index contributed by atoms with van der Waals surface area (Å²) >= 11 is 0. The monoisotopic (exact) mass is 363 g/mol. The third-order valence-electron chi connectivity index (χ3n) is 3.44. The minimum absolute atomic E-state index is 0.00224. The molecule has 134 valence electrons. The van der Waals surface area contributed by atoms with Crippen molar-refractivity contribution < 1.29 is 22.7 Å². The van der Waals surface area contributed by atoms with Gasteiger partial charge in [0.05, 0.1) is 23.6 Å². The highest BCUT2D eigenvalue weighted by atomic mass is 32.2. The summed E-state index contributed by atoms with van der Waals surface area (Å²) in [6, 6.07) is 12.7. The molecule has 0 bridgehead atoms. The van der Waals surface area contributed by atoms with Crippen molar-refractivity contribution in [3.63, 3.8) is 0 Å². The second kappa shape index (κ2) is 8.13. The molecule has 0 aliphatic carbocycles. The van der Waals surface area contributed by atoms with Gasteiger partial charge in [-0.1, -0.05) is 23.8 Å². The van der Waals surface area contributed by atoms with Crippen molar-refractivity contribution in [2.75, 3.05) is 13.7 Å². The second-order valence-corrected chi connectivity index (χ2v) is 7.38. The first kappa shape index (κ1) is 19.0. The van der Waals surface area contributed by atoms with Gasteiger partial charge in [0.1, 0.15) is 12.4 Å². The van der Waals surface area contributed by atoms with E-state index in [9.17, 15) is 13.2 Å². The molecule has 0 aromatic heterocycles. The van der Waals surface area contributed by atoms with Crippen LogP contribution in [-0.2, 0) is 14.8 Å². The fourth-order valence-electron chi connectivity index (χ4n) is 2.13. The smallest absolute Gasteiger partial charge is 0.337 e. The van der Waals surface area contributed by atoms with E-state index in [4.69, 9.17) is 4.74 Å². The first-order valence-electron chi connectivity index (χ1n) is 7.72. The van der Waals surface area contributed by atoms with Crippen LogP contribution in [0.3, 0.4) is 0 Å². The predicted molar refractivity (Wildman–Crippen MR) is 94.2 cm³/mol. The topological polar surface area (TPSA) is 81.7 Å². The normalized spacial score (nSPS) is 12.4. The molecule has 2 aromatic rings. The number of aryl methyl sites for hydroxylation is 1. The van der Waals surface area contributed by atoms with Crippen molar-refractivity contribution in [1.82, 2.24) is 4.72 Å². The number of nitrogens with one attached hydrogen (secondary N) is 1. The van der Waals surface area contributed by atoms with Crippen molar-refractivity contribution in [2.24, 2.45) is 0 Å². The van der Waals surface area contributed by atoms with Crippen LogP contribution in [0.4, 0.5) is 0 Å². The van der Waals surface area contributed by atoms with Crippen molar-refractivity contribution in [3.8, 4) is 5.75 Å². The fraction of sp³-hybridized carbons (Fsp3) is 0.278. The summed E-state index contributed by atoms with van der Waals surface area (Å²) in [6.45, 7) is 3.86. The van der Waals surface area contributed by atoms with Gasteiger partial charge in [-0.3, -0.25) is 0 Å². The summed E-state index contributed by atoms with van der Waals surface area (Å²) < 4.78 is 37.6. The lowest BCUT2D eigenvalue weighted by Crippen LogP contribution is -2.36. The van der Waals surface area contributed by atoms with E-state index in [1.807, 2.05) is 31.2 Å². The third kappa shape index (κ3) is 5.30. The minimum Gasteiger partial charge on any atom is -0.492 e. The van der Waals surface area contributed by atoms with Gasteiger partial charge in [-0.2, -0.15) is 0 Å². The largest absolute Gasteiger partial charge is 0.492 e. The number of carbonyl (C=O) groups is 1. The van der Waals surface area contributed by atoms with E-state index < -0.39 is 22.0 Å². The maximum Gasteiger partial charge on any atom is 0.337 e. The van der Waals surface area contributed by atoms with Gasteiger partial charge in [0.2, 0.25) is 10.0 Å². The van der Waals surface area contributed by atoms with Crippen molar-refractivity contribution >= 4 is 16.0 Å². The Labute approximate surface area is 147 Å². The molecule has 2 rings (SSSR count). The average Bonchev–Trinajstić information content (AvgIpc) is 2.60. The van der Waals surface area contributed by atoms with Crippen molar-refractivity contribution in [1.29, 1.82) is 0 Å². The number of carbonyl (C=O) groups excluding carboxylic acids is 1. The molecule has 6 nitrogen and oxygen atoms in total. The van der Waals surface area contributed by atoms with Gasteiger partial charge in [0.15, 0.2) is 0 Å². The van der Waals surface area contributed by atoms with Crippen LogP contribution in [0, 0.1) is 6.92 Å². The van der Waals surface area contributed by atoms with E-state index in [1.54, 1.807) is 6.92 Å². The van der Waals surface area contributed by atoms with Crippen LogP contribution >= 0.6 is 0 Å². The third-order valence-corrected chi connectivity index (χ3v) is 5.03. The highest BCUT2D eigenvalue weighted by Gasteiger charge is 2.19. The summed E-state index contributed by atoms with van der Waals surface area (Å²) in [4.78, 5) is 11.5. The van der Waals surface area contributed by atoms with Crippen LogP contribution in [0.1, 0.15) is 22.8 Å². The van der Waals surface area contributed by atoms with Crippen LogP contribution in [0.15, 0.2) is 53.4 Å². The van der Waals surface area contributed by atoms with Crippen LogP contribution in [0.5, 0.6) is 5.75 Å². The molecule has 0 amide bonds. The zero-order chi connectivity index (χ0) is 18.4. The molecule has 0 saturated heterocycles.